The van der Waals surface area contributed by atoms with Gasteiger partial charge in [0.2, 0.25) is 10.0 Å². The van der Waals surface area contributed by atoms with E-state index in [4.69, 9.17) is 17.1 Å². The van der Waals surface area contributed by atoms with Gasteiger partial charge in [0.25, 0.3) is 5.69 Å². The molecule has 1 rings (SSSR count). The number of halogens is 1. The molecule has 19 heavy (non-hydrogen) atoms. The van der Waals surface area contributed by atoms with E-state index in [1.807, 2.05) is 0 Å². The van der Waals surface area contributed by atoms with Crippen LogP contribution < -0.4 is 4.72 Å². The average molecular weight is 306 g/mol. The first-order chi connectivity index (χ1) is 8.88. The molecule has 0 bridgehead atoms. The largest absolute Gasteiger partial charge is 0.290 e. The fourth-order valence-electron chi connectivity index (χ4n) is 1.21. The number of nitrogens with one attached hydrogen (secondary N) is 1. The van der Waals surface area contributed by atoms with Crippen LogP contribution in [0.25, 0.3) is 10.4 Å². The number of nitro benzene ring substituents is 1. The Morgan fingerprint density at radius 2 is 2.21 bits per heavy atom. The molecule has 1 aromatic carbocycles. The van der Waals surface area contributed by atoms with E-state index in [9.17, 15) is 18.5 Å². The van der Waals surface area contributed by atoms with Crippen molar-refractivity contribution in [3.63, 3.8) is 0 Å². The number of azide groups is 1. The summed E-state index contributed by atoms with van der Waals surface area (Å²) in [6, 6.07) is 3.22. The van der Waals surface area contributed by atoms with E-state index in [1.54, 1.807) is 0 Å². The third-order valence-electron chi connectivity index (χ3n) is 1.97. The van der Waals surface area contributed by atoms with Crippen molar-refractivity contribution in [1.82, 2.24) is 4.72 Å². The first-order valence-electron chi connectivity index (χ1n) is 4.83. The summed E-state index contributed by atoms with van der Waals surface area (Å²) in [5.74, 6) is 0. The molecule has 1 aromatic rings. The van der Waals surface area contributed by atoms with Crippen LogP contribution >= 0.6 is 11.6 Å². The second-order valence-electron chi connectivity index (χ2n) is 3.22. The molecular weight excluding hydrogens is 298 g/mol. The zero-order valence-electron chi connectivity index (χ0n) is 9.35. The predicted molar refractivity (Wildman–Crippen MR) is 67.3 cm³/mol. The first-order valence-corrected chi connectivity index (χ1v) is 6.69. The Balaban J connectivity index is 3.07. The highest BCUT2D eigenvalue weighted by molar-refractivity contribution is 7.89. The van der Waals surface area contributed by atoms with Crippen LogP contribution in [0.3, 0.4) is 0 Å². The maximum Gasteiger partial charge on any atom is 0.290 e. The van der Waals surface area contributed by atoms with Gasteiger partial charge in [-0.05, 0) is 17.7 Å². The van der Waals surface area contributed by atoms with Crippen molar-refractivity contribution in [3.8, 4) is 0 Å². The third-order valence-corrected chi connectivity index (χ3v) is 3.72. The lowest BCUT2D eigenvalue weighted by Gasteiger charge is -2.06. The van der Waals surface area contributed by atoms with Crippen molar-refractivity contribution in [2.45, 2.75) is 4.90 Å². The molecule has 0 aliphatic heterocycles. The number of nitrogens with zero attached hydrogens (tertiary/aromatic N) is 4. The molecule has 1 N–H and O–H groups in total. The first kappa shape index (κ1) is 15.2. The maximum absolute atomic E-state index is 11.8. The van der Waals surface area contributed by atoms with Gasteiger partial charge in [0.1, 0.15) is 0 Å². The molecule has 0 atom stereocenters. The smallest absolute Gasteiger partial charge is 0.258 e. The summed E-state index contributed by atoms with van der Waals surface area (Å²) in [6.07, 6.45) is 0. The Labute approximate surface area is 113 Å². The SMILES string of the molecule is [N-]=[N+]=NCCNS(=O)(=O)c1ccc(Cl)cc1[N+](=O)[O-]. The topological polar surface area (TPSA) is 138 Å². The number of hydrogen-bond donors (Lipinski definition) is 1. The van der Waals surface area contributed by atoms with Gasteiger partial charge in [0, 0.05) is 29.1 Å². The zero-order chi connectivity index (χ0) is 14.5. The Hall–Kier alpha value is -1.87. The minimum atomic E-state index is -4.07. The van der Waals surface area contributed by atoms with E-state index in [2.05, 4.69) is 14.7 Å². The lowest BCUT2D eigenvalue weighted by atomic mass is 10.3. The molecule has 0 unspecified atom stereocenters. The summed E-state index contributed by atoms with van der Waals surface area (Å²) in [6.45, 7) is -0.261. The van der Waals surface area contributed by atoms with E-state index >= 15 is 0 Å². The highest BCUT2D eigenvalue weighted by Gasteiger charge is 2.25. The van der Waals surface area contributed by atoms with Gasteiger partial charge in [0.05, 0.1) is 4.92 Å². The molecule has 0 heterocycles. The second-order valence-corrected chi connectivity index (χ2v) is 5.39. The van der Waals surface area contributed by atoms with E-state index < -0.39 is 25.5 Å². The lowest BCUT2D eigenvalue weighted by molar-refractivity contribution is -0.387. The minimum absolute atomic E-state index is 0.0553. The monoisotopic (exact) mass is 305 g/mol. The van der Waals surface area contributed by atoms with Gasteiger partial charge >= 0.3 is 0 Å². The summed E-state index contributed by atoms with van der Waals surface area (Å²) >= 11 is 5.58. The van der Waals surface area contributed by atoms with E-state index in [-0.39, 0.29) is 18.1 Å². The van der Waals surface area contributed by atoms with Gasteiger partial charge in [-0.15, -0.1) is 0 Å². The van der Waals surface area contributed by atoms with Crippen molar-refractivity contribution in [1.29, 1.82) is 0 Å². The molecule has 102 valence electrons. The van der Waals surface area contributed by atoms with Gasteiger partial charge < -0.3 is 0 Å². The highest BCUT2D eigenvalue weighted by atomic mass is 35.5. The minimum Gasteiger partial charge on any atom is -0.258 e. The number of benzene rings is 1. The number of sulfonamides is 1. The van der Waals surface area contributed by atoms with Crippen molar-refractivity contribution in [3.05, 3.63) is 43.8 Å². The van der Waals surface area contributed by atoms with Crippen LogP contribution in [-0.2, 0) is 10.0 Å². The van der Waals surface area contributed by atoms with Gasteiger partial charge in [0.15, 0.2) is 4.90 Å². The summed E-state index contributed by atoms with van der Waals surface area (Å²) in [4.78, 5) is 11.9. The third kappa shape index (κ3) is 4.07. The number of nitro groups is 1. The van der Waals surface area contributed by atoms with Crippen LogP contribution in [-0.4, -0.2) is 26.4 Å². The van der Waals surface area contributed by atoms with Crippen LogP contribution in [0, 0.1) is 10.1 Å². The summed E-state index contributed by atoms with van der Waals surface area (Å²) < 4.78 is 25.8. The molecule has 0 saturated carbocycles. The molecule has 0 aliphatic rings. The van der Waals surface area contributed by atoms with Crippen LogP contribution in [0.5, 0.6) is 0 Å². The number of hydrogen-bond acceptors (Lipinski definition) is 5. The second kappa shape index (κ2) is 6.34. The number of rotatable bonds is 6. The molecule has 0 amide bonds. The Bertz CT molecular complexity index is 641. The molecule has 0 spiro atoms. The van der Waals surface area contributed by atoms with Crippen LogP contribution in [0.15, 0.2) is 28.2 Å². The standard InChI is InChI=1S/C8H8ClN5O4S/c9-6-1-2-8(7(5-6)14(15)16)19(17,18)12-4-3-11-13-10/h1-2,5,12H,3-4H2. The summed E-state index contributed by atoms with van der Waals surface area (Å²) in [7, 11) is -4.07. The average Bonchev–Trinajstić information content (AvgIpc) is 2.34. The van der Waals surface area contributed by atoms with E-state index in [0.717, 1.165) is 12.1 Å². The van der Waals surface area contributed by atoms with Crippen molar-refractivity contribution >= 4 is 27.3 Å². The molecule has 9 nitrogen and oxygen atoms in total. The zero-order valence-corrected chi connectivity index (χ0v) is 10.9. The van der Waals surface area contributed by atoms with E-state index in [1.165, 1.54) is 6.07 Å². The van der Waals surface area contributed by atoms with Crippen LogP contribution in [0.4, 0.5) is 5.69 Å². The molecule has 0 radical (unpaired) electrons. The lowest BCUT2D eigenvalue weighted by Crippen LogP contribution is -2.26. The fourth-order valence-corrected chi connectivity index (χ4v) is 2.55. The van der Waals surface area contributed by atoms with Gasteiger partial charge in [-0.2, -0.15) is 0 Å². The molecule has 0 saturated heterocycles. The van der Waals surface area contributed by atoms with Crippen molar-refractivity contribution in [2.75, 3.05) is 13.1 Å². The Kier molecular flexibility index (Phi) is 5.07. The Morgan fingerprint density at radius 3 is 2.79 bits per heavy atom. The van der Waals surface area contributed by atoms with Crippen LogP contribution in [0.2, 0.25) is 5.02 Å². The maximum atomic E-state index is 11.8. The van der Waals surface area contributed by atoms with Crippen molar-refractivity contribution < 1.29 is 13.3 Å². The normalized spacial score (nSPS) is 10.8. The Morgan fingerprint density at radius 1 is 1.53 bits per heavy atom. The van der Waals surface area contributed by atoms with Gasteiger partial charge in [-0.25, -0.2) is 13.1 Å². The summed E-state index contributed by atoms with van der Waals surface area (Å²) in [5.41, 5.74) is 7.42. The van der Waals surface area contributed by atoms with Crippen LogP contribution in [0.1, 0.15) is 0 Å². The molecular formula is C8H8ClN5O4S. The summed E-state index contributed by atoms with van der Waals surface area (Å²) in [5, 5.41) is 14.0. The fraction of sp³-hybridized carbons (Fsp3) is 0.250. The molecule has 0 fully saturated rings. The van der Waals surface area contributed by atoms with Crippen molar-refractivity contribution in [2.24, 2.45) is 5.11 Å². The molecule has 0 aliphatic carbocycles. The van der Waals surface area contributed by atoms with Gasteiger partial charge in [-0.3, -0.25) is 10.1 Å². The predicted octanol–water partition coefficient (Wildman–Crippen LogP) is 1.84. The highest BCUT2D eigenvalue weighted by Crippen LogP contribution is 2.26. The van der Waals surface area contributed by atoms with Gasteiger partial charge in [-0.1, -0.05) is 16.7 Å². The molecule has 11 heteroatoms. The van der Waals surface area contributed by atoms with E-state index in [0.29, 0.717) is 0 Å². The molecule has 0 aromatic heterocycles. The quantitative estimate of drug-likeness (QED) is 0.214.